The highest BCUT2D eigenvalue weighted by atomic mass is 16.3. The first-order chi connectivity index (χ1) is 12.2. The molecular weight excluding hydrogens is 320 g/mol. The van der Waals surface area contributed by atoms with E-state index < -0.39 is 0 Å². The van der Waals surface area contributed by atoms with Crippen LogP contribution in [0.2, 0.25) is 0 Å². The molecule has 0 heterocycles. The standard InChI is InChI=1S/C24H34O2/c1-7-24(6,16-10-13-19(4)12-8-11-18(2)3)17-22(26)23-20(5)14-9-15-21(23)25/h7,9,11,13-15,25H,1,8,10,12,16-17H2,2-6H3/t24-/m1/s1. The first-order valence-electron chi connectivity index (χ1n) is 9.43. The molecule has 0 radical (unpaired) electrons. The van der Waals surface area contributed by atoms with Crippen molar-refractivity contribution in [3.63, 3.8) is 0 Å². The molecule has 1 rings (SSSR count). The largest absolute Gasteiger partial charge is 0.507 e. The van der Waals surface area contributed by atoms with E-state index in [9.17, 15) is 9.90 Å². The van der Waals surface area contributed by atoms with Crippen molar-refractivity contribution >= 4 is 5.78 Å². The number of benzene rings is 1. The Kier molecular flexibility index (Phi) is 8.57. The Morgan fingerprint density at radius 2 is 1.88 bits per heavy atom. The number of Topliss-reactive ketones (excluding diaryl/α,β-unsaturated/α-hetero) is 1. The zero-order valence-electron chi connectivity index (χ0n) is 17.1. The maximum Gasteiger partial charge on any atom is 0.167 e. The molecule has 0 saturated carbocycles. The average Bonchev–Trinajstić information content (AvgIpc) is 2.54. The van der Waals surface area contributed by atoms with Gasteiger partial charge in [-0.25, -0.2) is 0 Å². The topological polar surface area (TPSA) is 37.3 Å². The number of phenolic OH excluding ortho intramolecular Hbond substituents is 1. The van der Waals surface area contributed by atoms with Crippen molar-refractivity contribution in [2.24, 2.45) is 5.41 Å². The summed E-state index contributed by atoms with van der Waals surface area (Å²) in [7, 11) is 0. The van der Waals surface area contributed by atoms with Crippen LogP contribution in [0.15, 0.2) is 54.2 Å². The summed E-state index contributed by atoms with van der Waals surface area (Å²) in [6, 6.07) is 5.19. The van der Waals surface area contributed by atoms with Gasteiger partial charge in [0.1, 0.15) is 5.75 Å². The molecule has 0 saturated heterocycles. The van der Waals surface area contributed by atoms with Crippen molar-refractivity contribution < 1.29 is 9.90 Å². The minimum absolute atomic E-state index is 0.0211. The summed E-state index contributed by atoms with van der Waals surface area (Å²) < 4.78 is 0. The maximum absolute atomic E-state index is 12.7. The Balaban J connectivity index is 2.69. The monoisotopic (exact) mass is 354 g/mol. The highest BCUT2D eigenvalue weighted by molar-refractivity contribution is 6.00. The first-order valence-corrected chi connectivity index (χ1v) is 9.43. The van der Waals surface area contributed by atoms with Gasteiger partial charge in [-0.3, -0.25) is 4.79 Å². The molecule has 1 aromatic carbocycles. The fraction of sp³-hybridized carbons (Fsp3) is 0.458. The van der Waals surface area contributed by atoms with E-state index in [2.05, 4.69) is 46.4 Å². The summed E-state index contributed by atoms with van der Waals surface area (Å²) >= 11 is 0. The van der Waals surface area contributed by atoms with E-state index in [4.69, 9.17) is 0 Å². The Bertz CT molecular complexity index is 670. The number of aromatic hydroxyl groups is 1. The van der Waals surface area contributed by atoms with Crippen LogP contribution in [-0.2, 0) is 0 Å². The molecule has 26 heavy (non-hydrogen) atoms. The summed E-state index contributed by atoms with van der Waals surface area (Å²) in [4.78, 5) is 12.7. The molecule has 0 aliphatic rings. The number of hydrogen-bond acceptors (Lipinski definition) is 2. The number of phenols is 1. The summed E-state index contributed by atoms with van der Waals surface area (Å²) in [6.07, 6.45) is 10.7. The number of rotatable bonds is 10. The molecule has 2 nitrogen and oxygen atoms in total. The Morgan fingerprint density at radius 3 is 2.46 bits per heavy atom. The van der Waals surface area contributed by atoms with Gasteiger partial charge in [-0.15, -0.1) is 6.58 Å². The SMILES string of the molecule is C=C[C@](C)(CCC=C(C)CCC=C(C)C)CC(=O)c1c(C)cccc1O. The Morgan fingerprint density at radius 1 is 1.19 bits per heavy atom. The Hall–Kier alpha value is -2.09. The molecular formula is C24H34O2. The molecule has 0 unspecified atom stereocenters. The van der Waals surface area contributed by atoms with Gasteiger partial charge in [0.25, 0.3) is 0 Å². The van der Waals surface area contributed by atoms with Gasteiger partial charge in [-0.2, -0.15) is 0 Å². The first kappa shape index (κ1) is 22.0. The van der Waals surface area contributed by atoms with Gasteiger partial charge in [-0.05, 0) is 70.4 Å². The van der Waals surface area contributed by atoms with Crippen molar-refractivity contribution in [3.05, 3.63) is 65.3 Å². The number of ketones is 1. The van der Waals surface area contributed by atoms with E-state index in [1.165, 1.54) is 11.1 Å². The van der Waals surface area contributed by atoms with E-state index in [1.54, 1.807) is 12.1 Å². The van der Waals surface area contributed by atoms with Crippen LogP contribution in [0.5, 0.6) is 5.75 Å². The third-order valence-corrected chi connectivity index (χ3v) is 4.89. The predicted octanol–water partition coefficient (Wildman–Crippen LogP) is 6.94. The van der Waals surface area contributed by atoms with Crippen molar-refractivity contribution in [1.82, 2.24) is 0 Å². The normalized spacial score (nSPS) is 13.8. The number of carbonyl (C=O) groups excluding carboxylic acids is 1. The van der Waals surface area contributed by atoms with E-state index in [0.29, 0.717) is 12.0 Å². The number of aryl methyl sites for hydroxylation is 1. The molecule has 0 aliphatic carbocycles. The van der Waals surface area contributed by atoms with Crippen LogP contribution in [-0.4, -0.2) is 10.9 Å². The second-order valence-electron chi connectivity index (χ2n) is 7.84. The lowest BCUT2D eigenvalue weighted by Crippen LogP contribution is -2.19. The van der Waals surface area contributed by atoms with Gasteiger partial charge in [0, 0.05) is 6.42 Å². The van der Waals surface area contributed by atoms with Gasteiger partial charge in [0.05, 0.1) is 5.56 Å². The molecule has 1 N–H and O–H groups in total. The quantitative estimate of drug-likeness (QED) is 0.365. The molecule has 0 spiro atoms. The van der Waals surface area contributed by atoms with Crippen LogP contribution in [0.3, 0.4) is 0 Å². The second-order valence-corrected chi connectivity index (χ2v) is 7.84. The fourth-order valence-electron chi connectivity index (χ4n) is 3.07. The molecule has 2 heteroatoms. The van der Waals surface area contributed by atoms with Crippen molar-refractivity contribution in [2.75, 3.05) is 0 Å². The Labute approximate surface area is 159 Å². The molecule has 1 atom stereocenters. The van der Waals surface area contributed by atoms with E-state index in [0.717, 1.165) is 31.2 Å². The van der Waals surface area contributed by atoms with Crippen molar-refractivity contribution in [3.8, 4) is 5.75 Å². The third-order valence-electron chi connectivity index (χ3n) is 4.89. The van der Waals surface area contributed by atoms with Gasteiger partial charge in [0.15, 0.2) is 5.78 Å². The van der Waals surface area contributed by atoms with Crippen LogP contribution in [0.25, 0.3) is 0 Å². The van der Waals surface area contributed by atoms with E-state index in [1.807, 2.05) is 19.1 Å². The lowest BCUT2D eigenvalue weighted by atomic mass is 9.79. The number of carbonyl (C=O) groups is 1. The zero-order valence-corrected chi connectivity index (χ0v) is 17.1. The summed E-state index contributed by atoms with van der Waals surface area (Å²) in [5, 5.41) is 10.0. The molecule has 0 amide bonds. The smallest absolute Gasteiger partial charge is 0.167 e. The predicted molar refractivity (Wildman–Crippen MR) is 112 cm³/mol. The second kappa shape index (κ2) is 10.2. The van der Waals surface area contributed by atoms with Gasteiger partial charge in [-0.1, -0.05) is 48.4 Å². The molecule has 0 aliphatic heterocycles. The maximum atomic E-state index is 12.7. The van der Waals surface area contributed by atoms with Crippen LogP contribution in [0, 0.1) is 12.3 Å². The fourth-order valence-corrected chi connectivity index (χ4v) is 3.07. The molecule has 0 aromatic heterocycles. The number of allylic oxidation sites excluding steroid dienone is 5. The van der Waals surface area contributed by atoms with Crippen LogP contribution < -0.4 is 0 Å². The van der Waals surface area contributed by atoms with Gasteiger partial charge in [0.2, 0.25) is 0 Å². The minimum atomic E-state index is -0.275. The highest BCUT2D eigenvalue weighted by Crippen LogP contribution is 2.33. The van der Waals surface area contributed by atoms with E-state index in [-0.39, 0.29) is 16.9 Å². The van der Waals surface area contributed by atoms with Crippen LogP contribution in [0.1, 0.15) is 75.7 Å². The van der Waals surface area contributed by atoms with Crippen molar-refractivity contribution in [1.29, 1.82) is 0 Å². The molecule has 142 valence electrons. The summed E-state index contributed by atoms with van der Waals surface area (Å²) in [5.74, 6) is 0.0451. The van der Waals surface area contributed by atoms with Crippen LogP contribution >= 0.6 is 0 Å². The molecule has 0 fully saturated rings. The third kappa shape index (κ3) is 7.03. The average molecular weight is 355 g/mol. The minimum Gasteiger partial charge on any atom is -0.507 e. The molecule has 0 bridgehead atoms. The summed E-state index contributed by atoms with van der Waals surface area (Å²) in [5.41, 5.74) is 3.72. The zero-order chi connectivity index (χ0) is 19.7. The van der Waals surface area contributed by atoms with Gasteiger partial charge >= 0.3 is 0 Å². The summed E-state index contributed by atoms with van der Waals surface area (Å²) in [6.45, 7) is 14.3. The number of hydrogen-bond donors (Lipinski definition) is 1. The lowest BCUT2D eigenvalue weighted by molar-refractivity contribution is 0.0937. The van der Waals surface area contributed by atoms with Crippen LogP contribution in [0.4, 0.5) is 0 Å². The molecule has 1 aromatic rings. The van der Waals surface area contributed by atoms with Gasteiger partial charge < -0.3 is 5.11 Å². The van der Waals surface area contributed by atoms with E-state index >= 15 is 0 Å². The lowest BCUT2D eigenvalue weighted by Gasteiger charge is -2.25. The van der Waals surface area contributed by atoms with Crippen molar-refractivity contribution in [2.45, 2.75) is 66.7 Å². The highest BCUT2D eigenvalue weighted by Gasteiger charge is 2.26.